The number of benzene rings is 1. The maximum absolute atomic E-state index is 12.0. The van der Waals surface area contributed by atoms with E-state index >= 15 is 0 Å². The molecule has 0 radical (unpaired) electrons. The van der Waals surface area contributed by atoms with Gasteiger partial charge >= 0.3 is 0 Å². The molecule has 2 heterocycles. The molecule has 16 heavy (non-hydrogen) atoms. The summed E-state index contributed by atoms with van der Waals surface area (Å²) in [6.07, 6.45) is 0.691. The number of rotatable bonds is 1. The van der Waals surface area contributed by atoms with Crippen molar-refractivity contribution >= 4 is 27.5 Å². The van der Waals surface area contributed by atoms with Crippen LogP contribution in [0.5, 0.6) is 0 Å². The minimum Gasteiger partial charge on any atom is -0.315 e. The van der Waals surface area contributed by atoms with Crippen molar-refractivity contribution in [3.05, 3.63) is 28.7 Å². The Kier molecular flexibility index (Phi) is 2.30. The van der Waals surface area contributed by atoms with Crippen molar-refractivity contribution < 1.29 is 4.79 Å². The molecule has 0 atom stereocenters. The number of nitrogens with one attached hydrogen (secondary N) is 1. The molecule has 0 saturated carbocycles. The number of amides is 1. The second kappa shape index (κ2) is 3.57. The van der Waals surface area contributed by atoms with E-state index in [0.29, 0.717) is 6.42 Å². The number of nitrogens with zero attached hydrogens (tertiary/aromatic N) is 1. The Bertz CT molecular complexity index is 425. The molecule has 1 N–H and O–H groups in total. The molecule has 0 unspecified atom stereocenters. The first-order chi connectivity index (χ1) is 7.69. The molecule has 2 aliphatic heterocycles. The summed E-state index contributed by atoms with van der Waals surface area (Å²) in [6.45, 7) is 2.82. The van der Waals surface area contributed by atoms with Gasteiger partial charge in [-0.05, 0) is 24.3 Å². The van der Waals surface area contributed by atoms with Crippen LogP contribution in [0.3, 0.4) is 0 Å². The van der Waals surface area contributed by atoms with Crippen molar-refractivity contribution in [3.63, 3.8) is 0 Å². The number of carbonyl (C=O) groups excluding carboxylic acids is 1. The molecule has 0 bridgehead atoms. The van der Waals surface area contributed by atoms with Crippen LogP contribution >= 0.6 is 15.9 Å². The molecule has 4 heteroatoms. The lowest BCUT2D eigenvalue weighted by Gasteiger charge is -2.38. The molecule has 1 aromatic rings. The fourth-order valence-corrected chi connectivity index (χ4v) is 2.73. The van der Waals surface area contributed by atoms with E-state index in [9.17, 15) is 4.79 Å². The molecule has 0 aliphatic carbocycles. The first kappa shape index (κ1) is 10.3. The third-order valence-electron chi connectivity index (χ3n) is 3.46. The molecule has 1 amide bonds. The van der Waals surface area contributed by atoms with Crippen LogP contribution in [0, 0.1) is 5.41 Å². The van der Waals surface area contributed by atoms with Gasteiger partial charge < -0.3 is 10.2 Å². The van der Waals surface area contributed by atoms with Crippen LogP contribution in [-0.4, -0.2) is 25.5 Å². The second-order valence-electron chi connectivity index (χ2n) is 4.74. The van der Waals surface area contributed by atoms with E-state index in [2.05, 4.69) is 21.2 Å². The Hall–Kier alpha value is -0.870. The first-order valence-corrected chi connectivity index (χ1v) is 6.25. The van der Waals surface area contributed by atoms with Crippen molar-refractivity contribution in [2.24, 2.45) is 5.41 Å². The Labute approximate surface area is 103 Å². The summed E-state index contributed by atoms with van der Waals surface area (Å²) in [4.78, 5) is 13.9. The quantitative estimate of drug-likeness (QED) is 0.851. The highest BCUT2D eigenvalue weighted by atomic mass is 79.9. The van der Waals surface area contributed by atoms with Gasteiger partial charge in [0.1, 0.15) is 0 Å². The highest BCUT2D eigenvalue weighted by molar-refractivity contribution is 9.10. The zero-order valence-electron chi connectivity index (χ0n) is 8.87. The first-order valence-electron chi connectivity index (χ1n) is 5.45. The van der Waals surface area contributed by atoms with Crippen molar-refractivity contribution in [1.82, 2.24) is 5.32 Å². The third-order valence-corrected chi connectivity index (χ3v) is 3.99. The molecule has 2 fully saturated rings. The van der Waals surface area contributed by atoms with Crippen LogP contribution in [-0.2, 0) is 4.79 Å². The van der Waals surface area contributed by atoms with E-state index in [4.69, 9.17) is 0 Å². The SMILES string of the molecule is O=C1CC2(CNC2)CN1c1ccc(Br)cc1. The van der Waals surface area contributed by atoms with Gasteiger partial charge in [-0.15, -0.1) is 0 Å². The average molecular weight is 281 g/mol. The summed E-state index contributed by atoms with van der Waals surface area (Å²) in [6, 6.07) is 7.94. The smallest absolute Gasteiger partial charge is 0.227 e. The maximum atomic E-state index is 12.0. The van der Waals surface area contributed by atoms with Crippen molar-refractivity contribution in [2.75, 3.05) is 24.5 Å². The Morgan fingerprint density at radius 2 is 1.94 bits per heavy atom. The van der Waals surface area contributed by atoms with Gasteiger partial charge in [0.25, 0.3) is 0 Å². The Morgan fingerprint density at radius 1 is 1.25 bits per heavy atom. The van der Waals surface area contributed by atoms with Crippen molar-refractivity contribution in [1.29, 1.82) is 0 Å². The molecule has 3 nitrogen and oxygen atoms in total. The molecule has 0 aromatic heterocycles. The molecule has 1 spiro atoms. The molecule has 2 saturated heterocycles. The van der Waals surface area contributed by atoms with Crippen molar-refractivity contribution in [2.45, 2.75) is 6.42 Å². The Morgan fingerprint density at radius 3 is 2.44 bits per heavy atom. The standard InChI is InChI=1S/C12H13BrN2O/c13-9-1-3-10(4-2-9)15-8-12(5-11(15)16)6-14-7-12/h1-4,14H,5-8H2. The van der Waals surface area contributed by atoms with Gasteiger partial charge in [-0.2, -0.15) is 0 Å². The molecular weight excluding hydrogens is 268 g/mol. The molecule has 1 aromatic carbocycles. The van der Waals surface area contributed by atoms with Gasteiger partial charge in [-0.3, -0.25) is 4.79 Å². The van der Waals surface area contributed by atoms with Crippen LogP contribution < -0.4 is 10.2 Å². The van der Waals surface area contributed by atoms with Crippen LogP contribution in [0.4, 0.5) is 5.69 Å². The van der Waals surface area contributed by atoms with E-state index in [1.807, 2.05) is 29.2 Å². The van der Waals surface area contributed by atoms with E-state index < -0.39 is 0 Å². The normalized spacial score (nSPS) is 22.6. The predicted molar refractivity (Wildman–Crippen MR) is 66.4 cm³/mol. The molecular formula is C12H13BrN2O. The lowest BCUT2D eigenvalue weighted by Crippen LogP contribution is -2.54. The number of hydrogen-bond donors (Lipinski definition) is 1. The number of anilines is 1. The van der Waals surface area contributed by atoms with E-state index in [-0.39, 0.29) is 11.3 Å². The summed E-state index contributed by atoms with van der Waals surface area (Å²) in [7, 11) is 0. The lowest BCUT2D eigenvalue weighted by atomic mass is 9.81. The summed E-state index contributed by atoms with van der Waals surface area (Å²) in [5, 5.41) is 3.26. The minimum absolute atomic E-state index is 0.212. The maximum Gasteiger partial charge on any atom is 0.227 e. The predicted octanol–water partition coefficient (Wildman–Crippen LogP) is 1.78. The van der Waals surface area contributed by atoms with Gasteiger partial charge in [-0.25, -0.2) is 0 Å². The van der Waals surface area contributed by atoms with Crippen LogP contribution in [0.15, 0.2) is 28.7 Å². The fraction of sp³-hybridized carbons (Fsp3) is 0.417. The number of hydrogen-bond acceptors (Lipinski definition) is 2. The van der Waals surface area contributed by atoms with Gasteiger partial charge in [0.2, 0.25) is 5.91 Å². The molecule has 2 aliphatic rings. The van der Waals surface area contributed by atoms with Crippen molar-refractivity contribution in [3.8, 4) is 0 Å². The largest absolute Gasteiger partial charge is 0.315 e. The topological polar surface area (TPSA) is 32.3 Å². The lowest BCUT2D eigenvalue weighted by molar-refractivity contribution is -0.118. The monoisotopic (exact) mass is 280 g/mol. The summed E-state index contributed by atoms with van der Waals surface area (Å²) >= 11 is 3.40. The summed E-state index contributed by atoms with van der Waals surface area (Å²) in [5.74, 6) is 0.254. The highest BCUT2D eigenvalue weighted by Gasteiger charge is 2.47. The van der Waals surface area contributed by atoms with Crippen LogP contribution in [0.2, 0.25) is 0 Å². The van der Waals surface area contributed by atoms with Gasteiger partial charge in [-0.1, -0.05) is 15.9 Å². The fourth-order valence-electron chi connectivity index (χ4n) is 2.47. The number of halogens is 1. The third kappa shape index (κ3) is 1.57. The zero-order chi connectivity index (χ0) is 11.2. The van der Waals surface area contributed by atoms with Gasteiger partial charge in [0.15, 0.2) is 0 Å². The van der Waals surface area contributed by atoms with Gasteiger partial charge in [0.05, 0.1) is 0 Å². The minimum atomic E-state index is 0.212. The number of carbonyl (C=O) groups is 1. The van der Waals surface area contributed by atoms with E-state index in [0.717, 1.165) is 29.8 Å². The molecule has 84 valence electrons. The van der Waals surface area contributed by atoms with E-state index in [1.165, 1.54) is 0 Å². The average Bonchev–Trinajstić information content (AvgIpc) is 2.57. The summed E-state index contributed by atoms with van der Waals surface area (Å²) < 4.78 is 1.04. The van der Waals surface area contributed by atoms with Crippen LogP contribution in [0.1, 0.15) is 6.42 Å². The second-order valence-corrected chi connectivity index (χ2v) is 5.65. The zero-order valence-corrected chi connectivity index (χ0v) is 10.5. The van der Waals surface area contributed by atoms with Gasteiger partial charge in [0, 0.05) is 41.6 Å². The molecule has 3 rings (SSSR count). The van der Waals surface area contributed by atoms with Crippen LogP contribution in [0.25, 0.3) is 0 Å². The Balaban J connectivity index is 1.85. The highest BCUT2D eigenvalue weighted by Crippen LogP contribution is 2.37. The summed E-state index contributed by atoms with van der Waals surface area (Å²) in [5.41, 5.74) is 1.22. The van der Waals surface area contributed by atoms with E-state index in [1.54, 1.807) is 0 Å².